The summed E-state index contributed by atoms with van der Waals surface area (Å²) >= 11 is 6.27. The van der Waals surface area contributed by atoms with E-state index in [9.17, 15) is 9.59 Å². The fraction of sp³-hybridized carbons (Fsp3) is 0.417. The van der Waals surface area contributed by atoms with E-state index >= 15 is 0 Å². The molecule has 1 heterocycles. The summed E-state index contributed by atoms with van der Waals surface area (Å²) in [7, 11) is 1.63. The van der Waals surface area contributed by atoms with Gasteiger partial charge in [-0.05, 0) is 56.1 Å². The Bertz CT molecular complexity index is 882. The first-order chi connectivity index (χ1) is 15.1. The molecule has 0 atom stereocenters. The predicted octanol–water partition coefficient (Wildman–Crippen LogP) is 3.96. The zero-order valence-electron chi connectivity index (χ0n) is 17.9. The van der Waals surface area contributed by atoms with Gasteiger partial charge >= 0.3 is 0 Å². The number of ether oxygens (including phenoxy) is 1. The van der Waals surface area contributed by atoms with E-state index in [2.05, 4.69) is 15.5 Å². The lowest BCUT2D eigenvalue weighted by molar-refractivity contribution is -0.121. The SMILES string of the molecule is COCCCNC(=O)c1ccccc1NC(=O)C1CCN(Cc2ccccc2Cl)CC1. The molecule has 2 aromatic rings. The van der Waals surface area contributed by atoms with Gasteiger partial charge in [-0.2, -0.15) is 0 Å². The third-order valence-electron chi connectivity index (χ3n) is 5.55. The largest absolute Gasteiger partial charge is 0.385 e. The first kappa shape index (κ1) is 23.3. The number of piperidine rings is 1. The van der Waals surface area contributed by atoms with Crippen LogP contribution in [0.25, 0.3) is 0 Å². The van der Waals surface area contributed by atoms with E-state index in [-0.39, 0.29) is 17.7 Å². The molecular formula is C24H30ClN3O3. The van der Waals surface area contributed by atoms with Gasteiger partial charge in [0.1, 0.15) is 0 Å². The highest BCUT2D eigenvalue weighted by Gasteiger charge is 2.26. The van der Waals surface area contributed by atoms with Crippen LogP contribution in [0.1, 0.15) is 35.2 Å². The second kappa shape index (κ2) is 11.8. The van der Waals surface area contributed by atoms with Gasteiger partial charge in [-0.25, -0.2) is 0 Å². The minimum absolute atomic E-state index is 0.0305. The number of halogens is 1. The van der Waals surface area contributed by atoms with Crippen molar-refractivity contribution in [2.75, 3.05) is 38.7 Å². The molecule has 0 radical (unpaired) electrons. The van der Waals surface area contributed by atoms with Gasteiger partial charge < -0.3 is 15.4 Å². The smallest absolute Gasteiger partial charge is 0.253 e. The topological polar surface area (TPSA) is 70.7 Å². The number of anilines is 1. The summed E-state index contributed by atoms with van der Waals surface area (Å²) in [6, 6.07) is 15.0. The van der Waals surface area contributed by atoms with Gasteiger partial charge in [0.15, 0.2) is 0 Å². The molecule has 6 nitrogen and oxygen atoms in total. The van der Waals surface area contributed by atoms with Crippen molar-refractivity contribution in [2.45, 2.75) is 25.8 Å². The van der Waals surface area contributed by atoms with E-state index in [0.717, 1.165) is 49.5 Å². The summed E-state index contributed by atoms with van der Waals surface area (Å²) < 4.78 is 5.00. The number of methoxy groups -OCH3 is 1. The summed E-state index contributed by atoms with van der Waals surface area (Å²) in [6.07, 6.45) is 2.30. The highest BCUT2D eigenvalue weighted by molar-refractivity contribution is 6.31. The zero-order chi connectivity index (χ0) is 22.1. The Labute approximate surface area is 188 Å². The van der Waals surface area contributed by atoms with Crippen LogP contribution in [0.4, 0.5) is 5.69 Å². The highest BCUT2D eigenvalue weighted by atomic mass is 35.5. The molecule has 2 N–H and O–H groups in total. The number of rotatable bonds is 9. The van der Waals surface area contributed by atoms with E-state index in [1.165, 1.54) is 0 Å². The first-order valence-electron chi connectivity index (χ1n) is 10.7. The van der Waals surface area contributed by atoms with Crippen molar-refractivity contribution in [1.82, 2.24) is 10.2 Å². The number of hydrogen-bond acceptors (Lipinski definition) is 4. The minimum Gasteiger partial charge on any atom is -0.385 e. The molecule has 0 aliphatic carbocycles. The Balaban J connectivity index is 1.52. The molecule has 3 rings (SSSR count). The molecule has 0 aromatic heterocycles. The average molecular weight is 444 g/mol. The number of hydrogen-bond donors (Lipinski definition) is 2. The van der Waals surface area contributed by atoms with Crippen LogP contribution in [0.2, 0.25) is 5.02 Å². The van der Waals surface area contributed by atoms with Gasteiger partial charge in [0.05, 0.1) is 11.3 Å². The summed E-state index contributed by atoms with van der Waals surface area (Å²) in [6.45, 7) is 3.59. The average Bonchev–Trinajstić information content (AvgIpc) is 2.79. The van der Waals surface area contributed by atoms with E-state index < -0.39 is 0 Å². The van der Waals surface area contributed by atoms with Crippen molar-refractivity contribution >= 4 is 29.1 Å². The molecule has 31 heavy (non-hydrogen) atoms. The van der Waals surface area contributed by atoms with Gasteiger partial charge in [-0.15, -0.1) is 0 Å². The van der Waals surface area contributed by atoms with E-state index in [0.29, 0.717) is 24.4 Å². The van der Waals surface area contributed by atoms with Crippen molar-refractivity contribution in [3.8, 4) is 0 Å². The van der Waals surface area contributed by atoms with E-state index in [1.807, 2.05) is 30.3 Å². The molecule has 1 saturated heterocycles. The molecule has 1 aliphatic rings. The number of benzene rings is 2. The van der Waals surface area contributed by atoms with Gasteiger partial charge in [0, 0.05) is 37.7 Å². The maximum Gasteiger partial charge on any atom is 0.253 e. The summed E-state index contributed by atoms with van der Waals surface area (Å²) in [5, 5.41) is 6.62. The molecule has 1 fully saturated rings. The lowest BCUT2D eigenvalue weighted by Crippen LogP contribution is -2.38. The van der Waals surface area contributed by atoms with E-state index in [1.54, 1.807) is 25.3 Å². The number of amides is 2. The van der Waals surface area contributed by atoms with Gasteiger partial charge in [0.25, 0.3) is 5.91 Å². The van der Waals surface area contributed by atoms with Crippen LogP contribution in [0.5, 0.6) is 0 Å². The molecule has 0 bridgehead atoms. The zero-order valence-corrected chi connectivity index (χ0v) is 18.7. The predicted molar refractivity (Wildman–Crippen MR) is 123 cm³/mol. The van der Waals surface area contributed by atoms with Gasteiger partial charge in [-0.1, -0.05) is 41.9 Å². The molecule has 2 aromatic carbocycles. The molecule has 7 heteroatoms. The molecule has 2 amide bonds. The fourth-order valence-corrected chi connectivity index (χ4v) is 3.95. The van der Waals surface area contributed by atoms with Gasteiger partial charge in [0.2, 0.25) is 5.91 Å². The molecule has 0 saturated carbocycles. The first-order valence-corrected chi connectivity index (χ1v) is 11.1. The Kier molecular flexibility index (Phi) is 8.88. The number of carbonyl (C=O) groups excluding carboxylic acids is 2. The molecular weight excluding hydrogens is 414 g/mol. The lowest BCUT2D eigenvalue weighted by Gasteiger charge is -2.31. The standard InChI is InChI=1S/C24H30ClN3O3/c1-31-16-6-13-26-24(30)20-8-3-5-10-22(20)27-23(29)18-11-14-28(15-12-18)17-19-7-2-4-9-21(19)25/h2-5,7-10,18H,6,11-17H2,1H3,(H,26,30)(H,27,29). The second-order valence-corrected chi connectivity index (χ2v) is 8.19. The maximum atomic E-state index is 12.9. The number of likely N-dealkylation sites (tertiary alicyclic amines) is 1. The summed E-state index contributed by atoms with van der Waals surface area (Å²) in [5.41, 5.74) is 2.14. The third kappa shape index (κ3) is 6.79. The second-order valence-electron chi connectivity index (χ2n) is 7.78. The van der Waals surface area contributed by atoms with Crippen LogP contribution in [-0.4, -0.2) is 50.1 Å². The number of nitrogens with zero attached hydrogens (tertiary/aromatic N) is 1. The highest BCUT2D eigenvalue weighted by Crippen LogP contribution is 2.24. The Morgan fingerprint density at radius 1 is 1.10 bits per heavy atom. The van der Waals surface area contributed by atoms with Crippen molar-refractivity contribution in [3.05, 3.63) is 64.7 Å². The van der Waals surface area contributed by atoms with Crippen LogP contribution in [0, 0.1) is 5.92 Å². The molecule has 0 unspecified atom stereocenters. The monoisotopic (exact) mass is 443 g/mol. The van der Waals surface area contributed by atoms with Crippen molar-refractivity contribution < 1.29 is 14.3 Å². The quantitative estimate of drug-likeness (QED) is 0.575. The number of carbonyl (C=O) groups is 2. The molecule has 0 spiro atoms. The third-order valence-corrected chi connectivity index (χ3v) is 5.92. The Morgan fingerprint density at radius 2 is 1.81 bits per heavy atom. The van der Waals surface area contributed by atoms with Crippen LogP contribution in [0.15, 0.2) is 48.5 Å². The normalized spacial score (nSPS) is 14.9. The van der Waals surface area contributed by atoms with Crippen molar-refractivity contribution in [2.24, 2.45) is 5.92 Å². The van der Waals surface area contributed by atoms with Crippen LogP contribution < -0.4 is 10.6 Å². The summed E-state index contributed by atoms with van der Waals surface area (Å²) in [5.74, 6) is -0.293. The lowest BCUT2D eigenvalue weighted by atomic mass is 9.95. The maximum absolute atomic E-state index is 12.9. The van der Waals surface area contributed by atoms with E-state index in [4.69, 9.17) is 16.3 Å². The van der Waals surface area contributed by atoms with Crippen LogP contribution in [0.3, 0.4) is 0 Å². The Morgan fingerprint density at radius 3 is 2.55 bits per heavy atom. The number of para-hydroxylation sites is 1. The Hall–Kier alpha value is -2.41. The van der Waals surface area contributed by atoms with Gasteiger partial charge in [-0.3, -0.25) is 14.5 Å². The van der Waals surface area contributed by atoms with Crippen molar-refractivity contribution in [3.63, 3.8) is 0 Å². The molecule has 166 valence electrons. The van der Waals surface area contributed by atoms with Crippen molar-refractivity contribution in [1.29, 1.82) is 0 Å². The summed E-state index contributed by atoms with van der Waals surface area (Å²) in [4.78, 5) is 27.7. The van der Waals surface area contributed by atoms with Crippen LogP contribution in [-0.2, 0) is 16.1 Å². The number of nitrogens with one attached hydrogen (secondary N) is 2. The minimum atomic E-state index is -0.193. The molecule has 1 aliphatic heterocycles. The van der Waals surface area contributed by atoms with Crippen LogP contribution >= 0.6 is 11.6 Å². The fourth-order valence-electron chi connectivity index (χ4n) is 3.76.